The second-order valence-corrected chi connectivity index (χ2v) is 8.08. The summed E-state index contributed by atoms with van der Waals surface area (Å²) in [5.41, 5.74) is 0.541. The molecule has 3 aromatic heterocycles. The van der Waals surface area contributed by atoms with Crippen molar-refractivity contribution >= 4 is 22.6 Å². The largest absolute Gasteiger partial charge is 0.360 e. The molecule has 0 bridgehead atoms. The lowest BCUT2D eigenvalue weighted by molar-refractivity contribution is 0.0664. The number of nitrogens with zero attached hydrogens (tertiary/aromatic N) is 5. The van der Waals surface area contributed by atoms with Crippen molar-refractivity contribution < 1.29 is 13.6 Å². The molecule has 1 aromatic carbocycles. The fourth-order valence-corrected chi connectivity index (χ4v) is 4.37. The Kier molecular flexibility index (Phi) is 4.91. The molecule has 5 rings (SSSR count). The summed E-state index contributed by atoms with van der Waals surface area (Å²) >= 11 is 0. The fourth-order valence-electron chi connectivity index (χ4n) is 4.37. The van der Waals surface area contributed by atoms with Gasteiger partial charge in [-0.05, 0) is 30.5 Å². The first kappa shape index (κ1) is 20.2. The summed E-state index contributed by atoms with van der Waals surface area (Å²) in [6.45, 7) is 2.75. The van der Waals surface area contributed by atoms with E-state index in [-0.39, 0.29) is 46.8 Å². The van der Waals surface area contributed by atoms with Crippen LogP contribution in [0.25, 0.3) is 16.7 Å². The number of carbonyl (C=O) groups excluding carboxylic acids is 1. The molecule has 1 aliphatic rings. The molecule has 32 heavy (non-hydrogen) atoms. The van der Waals surface area contributed by atoms with Gasteiger partial charge >= 0.3 is 0 Å². The number of para-hydroxylation sites is 1. The van der Waals surface area contributed by atoms with Crippen LogP contribution in [0.15, 0.2) is 47.7 Å². The van der Waals surface area contributed by atoms with Gasteiger partial charge in [0.15, 0.2) is 0 Å². The highest BCUT2D eigenvalue weighted by Gasteiger charge is 2.34. The van der Waals surface area contributed by atoms with E-state index >= 15 is 0 Å². The second kappa shape index (κ2) is 7.77. The van der Waals surface area contributed by atoms with Crippen LogP contribution >= 0.6 is 0 Å². The van der Waals surface area contributed by atoms with Crippen molar-refractivity contribution in [3.63, 3.8) is 0 Å². The maximum absolute atomic E-state index is 13.4. The maximum atomic E-state index is 13.4. The van der Waals surface area contributed by atoms with Gasteiger partial charge in [0.25, 0.3) is 18.1 Å². The van der Waals surface area contributed by atoms with Gasteiger partial charge in [-0.1, -0.05) is 19.1 Å². The highest BCUT2D eigenvalue weighted by atomic mass is 19.3. The minimum absolute atomic E-state index is 0.0610. The lowest BCUT2D eigenvalue weighted by atomic mass is 9.84. The Balaban J connectivity index is 1.51. The Hall–Kier alpha value is -3.69. The molecule has 0 spiro atoms. The molecule has 1 N–H and O–H groups in total. The average molecular weight is 438 g/mol. The van der Waals surface area contributed by atoms with Gasteiger partial charge in [-0.15, -0.1) is 0 Å². The summed E-state index contributed by atoms with van der Waals surface area (Å²) in [4.78, 5) is 38.6. The molecule has 10 heteroatoms. The zero-order valence-electron chi connectivity index (χ0n) is 17.2. The average Bonchev–Trinajstić information content (AvgIpc) is 3.28. The molecule has 0 aliphatic carbocycles. The number of pyridine rings is 1. The lowest BCUT2D eigenvalue weighted by Crippen LogP contribution is -2.44. The van der Waals surface area contributed by atoms with E-state index in [2.05, 4.69) is 20.1 Å². The van der Waals surface area contributed by atoms with Crippen molar-refractivity contribution in [2.45, 2.75) is 25.7 Å². The second-order valence-electron chi connectivity index (χ2n) is 8.08. The molecule has 0 saturated carbocycles. The smallest absolute Gasteiger partial charge is 0.280 e. The number of H-pyrrole nitrogens is 1. The minimum atomic E-state index is -2.75. The molecule has 2 atom stereocenters. The number of aromatic amines is 1. The van der Waals surface area contributed by atoms with Gasteiger partial charge in [0.1, 0.15) is 17.6 Å². The molecular formula is C22H20F2N6O2. The Morgan fingerprint density at radius 3 is 2.91 bits per heavy atom. The van der Waals surface area contributed by atoms with Crippen LogP contribution in [0.5, 0.6) is 0 Å². The van der Waals surface area contributed by atoms with Gasteiger partial charge in [-0.3, -0.25) is 9.59 Å². The standard InChI is InChI=1S/C22H20F2N6O2/c1-12-6-7-29(21(32)14-9-25-16-5-3-2-4-13(16)19(14)31)10-15(12)18-8-17(20(23)24)28-22-26-11-27-30(18)22/h2-5,8-9,11-12,15,20H,6-7,10H2,1H3,(H,25,31)/t12?,15-/m1/s1. The van der Waals surface area contributed by atoms with Gasteiger partial charge in [0, 0.05) is 36.1 Å². The van der Waals surface area contributed by atoms with Crippen LogP contribution in [-0.4, -0.2) is 48.5 Å². The number of benzene rings is 1. The van der Waals surface area contributed by atoms with E-state index in [0.717, 1.165) is 0 Å². The van der Waals surface area contributed by atoms with Crippen molar-refractivity contribution in [2.75, 3.05) is 13.1 Å². The van der Waals surface area contributed by atoms with Crippen molar-refractivity contribution in [3.8, 4) is 0 Å². The number of hydrogen-bond donors (Lipinski definition) is 1. The number of aromatic nitrogens is 5. The van der Waals surface area contributed by atoms with E-state index in [1.807, 2.05) is 13.0 Å². The molecule has 1 aliphatic heterocycles. The molecule has 0 radical (unpaired) electrons. The monoisotopic (exact) mass is 438 g/mol. The number of rotatable bonds is 3. The number of likely N-dealkylation sites (tertiary alicyclic amines) is 1. The number of alkyl halides is 2. The SMILES string of the molecule is CC1CCN(C(=O)c2c[nH]c3ccccc3c2=O)C[C@H]1c1cc(C(F)F)nc2ncnn12. The quantitative estimate of drug-likeness (QED) is 0.530. The number of halogens is 2. The Labute approximate surface area is 180 Å². The van der Waals surface area contributed by atoms with Gasteiger partial charge in [-0.2, -0.15) is 10.1 Å². The number of carbonyl (C=O) groups is 1. The lowest BCUT2D eigenvalue weighted by Gasteiger charge is -2.37. The third kappa shape index (κ3) is 3.31. The van der Waals surface area contributed by atoms with Gasteiger partial charge in [-0.25, -0.2) is 18.3 Å². The van der Waals surface area contributed by atoms with E-state index < -0.39 is 6.43 Å². The van der Waals surface area contributed by atoms with E-state index in [1.54, 1.807) is 23.1 Å². The predicted molar refractivity (Wildman–Crippen MR) is 113 cm³/mol. The van der Waals surface area contributed by atoms with E-state index in [0.29, 0.717) is 29.6 Å². The summed E-state index contributed by atoms with van der Waals surface area (Å²) in [6, 6.07) is 8.35. The highest BCUT2D eigenvalue weighted by molar-refractivity contribution is 5.97. The Morgan fingerprint density at radius 2 is 2.09 bits per heavy atom. The summed E-state index contributed by atoms with van der Waals surface area (Å²) < 4.78 is 28.3. The zero-order chi connectivity index (χ0) is 22.4. The molecule has 1 amide bonds. The molecule has 8 nitrogen and oxygen atoms in total. The molecular weight excluding hydrogens is 418 g/mol. The van der Waals surface area contributed by atoms with Gasteiger partial charge in [0.2, 0.25) is 5.43 Å². The zero-order valence-corrected chi connectivity index (χ0v) is 17.2. The van der Waals surface area contributed by atoms with Gasteiger partial charge < -0.3 is 9.88 Å². The van der Waals surface area contributed by atoms with Crippen LogP contribution in [0.2, 0.25) is 0 Å². The normalized spacial score (nSPS) is 19.2. The fraction of sp³-hybridized carbons (Fsp3) is 0.318. The van der Waals surface area contributed by atoms with Crippen LogP contribution < -0.4 is 5.43 Å². The molecule has 164 valence electrons. The number of amides is 1. The molecule has 1 unspecified atom stereocenters. The number of fused-ring (bicyclic) bond motifs is 2. The topological polar surface area (TPSA) is 96.2 Å². The van der Waals surface area contributed by atoms with E-state index in [9.17, 15) is 18.4 Å². The van der Waals surface area contributed by atoms with Crippen LogP contribution in [0.3, 0.4) is 0 Å². The number of piperidine rings is 1. The first-order valence-corrected chi connectivity index (χ1v) is 10.3. The first-order chi connectivity index (χ1) is 15.4. The molecule has 1 fully saturated rings. The summed E-state index contributed by atoms with van der Waals surface area (Å²) in [5, 5.41) is 4.59. The van der Waals surface area contributed by atoms with Crippen molar-refractivity contribution in [1.82, 2.24) is 29.5 Å². The number of nitrogens with one attached hydrogen (secondary N) is 1. The van der Waals surface area contributed by atoms with Crippen LogP contribution in [0.1, 0.15) is 47.4 Å². The van der Waals surface area contributed by atoms with Crippen LogP contribution in [-0.2, 0) is 0 Å². The maximum Gasteiger partial charge on any atom is 0.280 e. The number of hydrogen-bond acceptors (Lipinski definition) is 5. The highest BCUT2D eigenvalue weighted by Crippen LogP contribution is 2.34. The van der Waals surface area contributed by atoms with Crippen LogP contribution in [0.4, 0.5) is 8.78 Å². The Morgan fingerprint density at radius 1 is 1.28 bits per heavy atom. The summed E-state index contributed by atoms with van der Waals surface area (Å²) in [7, 11) is 0. The molecule has 4 heterocycles. The van der Waals surface area contributed by atoms with Crippen molar-refractivity contribution in [1.29, 1.82) is 0 Å². The Bertz CT molecular complexity index is 1380. The summed E-state index contributed by atoms with van der Waals surface area (Å²) in [5.74, 6) is -0.447. The third-order valence-corrected chi connectivity index (χ3v) is 6.17. The van der Waals surface area contributed by atoms with E-state index in [1.165, 1.54) is 23.1 Å². The molecule has 1 saturated heterocycles. The summed E-state index contributed by atoms with van der Waals surface area (Å²) in [6.07, 6.45) is 0.622. The van der Waals surface area contributed by atoms with Crippen molar-refractivity contribution in [3.05, 3.63) is 70.0 Å². The molecule has 4 aromatic rings. The first-order valence-electron chi connectivity index (χ1n) is 10.3. The van der Waals surface area contributed by atoms with Crippen molar-refractivity contribution in [2.24, 2.45) is 5.92 Å². The minimum Gasteiger partial charge on any atom is -0.360 e. The third-order valence-electron chi connectivity index (χ3n) is 6.17. The van der Waals surface area contributed by atoms with Crippen LogP contribution in [0, 0.1) is 5.92 Å². The van der Waals surface area contributed by atoms with E-state index in [4.69, 9.17) is 0 Å². The predicted octanol–water partition coefficient (Wildman–Crippen LogP) is 3.17. The van der Waals surface area contributed by atoms with Gasteiger partial charge in [0.05, 0.1) is 5.69 Å².